The number of carbonyl (C=O) groups is 1. The van der Waals surface area contributed by atoms with Gasteiger partial charge in [-0.3, -0.25) is 4.79 Å². The number of halogens is 1. The van der Waals surface area contributed by atoms with Crippen LogP contribution in [0.5, 0.6) is 0 Å². The molecule has 0 atom stereocenters. The predicted octanol–water partition coefficient (Wildman–Crippen LogP) is 6.45. The summed E-state index contributed by atoms with van der Waals surface area (Å²) in [6.07, 6.45) is 5.84. The minimum absolute atomic E-state index is 0.210. The normalized spacial score (nSPS) is 13.8. The summed E-state index contributed by atoms with van der Waals surface area (Å²) in [6, 6.07) is 11.3. The van der Waals surface area contributed by atoms with Gasteiger partial charge >= 0.3 is 0 Å². The molecular weight excluding hydrogens is 375 g/mol. The van der Waals surface area contributed by atoms with E-state index in [1.54, 1.807) is 12.1 Å². The smallest absolute Gasteiger partial charge is 0.143 e. The van der Waals surface area contributed by atoms with Gasteiger partial charge in [-0.15, -0.1) is 0 Å². The molecule has 158 valence electrons. The van der Waals surface area contributed by atoms with Gasteiger partial charge in [0.2, 0.25) is 0 Å². The molecule has 0 radical (unpaired) electrons. The molecule has 4 heteroatoms. The maximum Gasteiger partial charge on any atom is 0.143 e. The number of allylic oxidation sites excluding steroid dienone is 3. The van der Waals surface area contributed by atoms with Gasteiger partial charge in [0, 0.05) is 42.3 Å². The van der Waals surface area contributed by atoms with Gasteiger partial charge in [-0.05, 0) is 91.3 Å². The molecule has 1 saturated carbocycles. The summed E-state index contributed by atoms with van der Waals surface area (Å²) in [5.74, 6) is 0.00440. The van der Waals surface area contributed by atoms with Crippen molar-refractivity contribution < 1.29 is 9.18 Å². The summed E-state index contributed by atoms with van der Waals surface area (Å²) in [5.41, 5.74) is 8.63. The lowest BCUT2D eigenvalue weighted by Crippen LogP contribution is -2.21. The van der Waals surface area contributed by atoms with Crippen molar-refractivity contribution in [2.24, 2.45) is 5.92 Å². The zero-order valence-electron chi connectivity index (χ0n) is 18.6. The van der Waals surface area contributed by atoms with Crippen molar-refractivity contribution in [1.29, 1.82) is 0 Å². The van der Waals surface area contributed by atoms with Crippen LogP contribution in [0.25, 0.3) is 11.3 Å². The fraction of sp³-hybridized carbons (Fsp3) is 0.346. The molecule has 1 N–H and O–H groups in total. The summed E-state index contributed by atoms with van der Waals surface area (Å²) in [5, 5.41) is 3.25. The number of hydrogen-bond donors (Lipinski definition) is 1. The Morgan fingerprint density at radius 3 is 2.40 bits per heavy atom. The monoisotopic (exact) mass is 406 g/mol. The van der Waals surface area contributed by atoms with Crippen LogP contribution < -0.4 is 10.2 Å². The zero-order valence-corrected chi connectivity index (χ0v) is 18.6. The lowest BCUT2D eigenvalue weighted by molar-refractivity contribution is -0.104. The number of anilines is 2. The van der Waals surface area contributed by atoms with E-state index in [0.29, 0.717) is 0 Å². The number of aldehydes is 1. The Morgan fingerprint density at radius 2 is 1.87 bits per heavy atom. The second-order valence-corrected chi connectivity index (χ2v) is 8.22. The number of carbonyl (C=O) groups excluding carboxylic acids is 1. The summed E-state index contributed by atoms with van der Waals surface area (Å²) in [4.78, 5) is 13.5. The Hall–Kier alpha value is -2.88. The molecule has 0 amide bonds. The van der Waals surface area contributed by atoms with E-state index in [9.17, 15) is 9.18 Å². The van der Waals surface area contributed by atoms with Gasteiger partial charge in [0.15, 0.2) is 0 Å². The minimum atomic E-state index is -0.210. The van der Waals surface area contributed by atoms with Crippen LogP contribution in [0, 0.1) is 18.7 Å². The van der Waals surface area contributed by atoms with Crippen LogP contribution in [0.4, 0.5) is 15.8 Å². The maximum absolute atomic E-state index is 13.7. The van der Waals surface area contributed by atoms with E-state index in [0.717, 1.165) is 58.5 Å². The summed E-state index contributed by atoms with van der Waals surface area (Å²) < 4.78 is 13.7. The Balaban J connectivity index is 2.12. The maximum atomic E-state index is 13.7. The van der Waals surface area contributed by atoms with E-state index in [4.69, 9.17) is 0 Å². The highest BCUT2D eigenvalue weighted by Gasteiger charge is 2.22. The molecule has 2 aromatic rings. The van der Waals surface area contributed by atoms with Crippen molar-refractivity contribution in [3.8, 4) is 0 Å². The molecule has 1 aliphatic carbocycles. The average molecular weight is 407 g/mol. The molecule has 30 heavy (non-hydrogen) atoms. The van der Waals surface area contributed by atoms with E-state index in [-0.39, 0.29) is 11.7 Å². The van der Waals surface area contributed by atoms with Crippen molar-refractivity contribution in [3.63, 3.8) is 0 Å². The first kappa shape index (κ1) is 21.8. The van der Waals surface area contributed by atoms with E-state index >= 15 is 0 Å². The molecule has 0 aliphatic heterocycles. The van der Waals surface area contributed by atoms with Crippen LogP contribution in [-0.4, -0.2) is 20.4 Å². The molecule has 2 aromatic carbocycles. The average Bonchev–Trinajstić information content (AvgIpc) is 2.68. The first-order valence-corrected chi connectivity index (χ1v) is 10.6. The van der Waals surface area contributed by atoms with Gasteiger partial charge in [0.1, 0.15) is 12.1 Å². The molecule has 0 heterocycles. The largest absolute Gasteiger partial charge is 0.388 e. The number of nitrogens with zero attached hydrogens (tertiary/aromatic N) is 1. The number of rotatable bonds is 7. The number of nitrogens with one attached hydrogen (secondary N) is 1. The Morgan fingerprint density at radius 1 is 1.13 bits per heavy atom. The summed E-state index contributed by atoms with van der Waals surface area (Å²) in [7, 11) is 3.96. The highest BCUT2D eigenvalue weighted by Crippen LogP contribution is 2.40. The third kappa shape index (κ3) is 4.33. The lowest BCUT2D eigenvalue weighted by atomic mass is 9.86. The fourth-order valence-corrected chi connectivity index (χ4v) is 4.08. The van der Waals surface area contributed by atoms with Crippen molar-refractivity contribution in [3.05, 3.63) is 70.6 Å². The Kier molecular flexibility index (Phi) is 6.76. The van der Waals surface area contributed by atoms with Gasteiger partial charge in [0.25, 0.3) is 0 Å². The van der Waals surface area contributed by atoms with Crippen molar-refractivity contribution >= 4 is 28.9 Å². The van der Waals surface area contributed by atoms with Crippen LogP contribution in [0.3, 0.4) is 0 Å². The zero-order chi connectivity index (χ0) is 21.8. The van der Waals surface area contributed by atoms with Crippen LogP contribution >= 0.6 is 0 Å². The van der Waals surface area contributed by atoms with Gasteiger partial charge in [-0.2, -0.15) is 0 Å². The summed E-state index contributed by atoms with van der Waals surface area (Å²) in [6.45, 7) is 6.15. The molecule has 3 nitrogen and oxygen atoms in total. The molecule has 0 aromatic heterocycles. The standard InChI is InChI=1S/C26H31FN2O/c1-17(2)22(13-14-30)24-16-21(10-12-25(24)28-4)29(5)26(19-7-6-8-19)23-11-9-20(27)15-18(23)3/h9-17,28H,6-8H2,1-5H3/b22-13-. The highest BCUT2D eigenvalue weighted by molar-refractivity contribution is 5.90. The van der Waals surface area contributed by atoms with E-state index < -0.39 is 0 Å². The number of hydrogen-bond acceptors (Lipinski definition) is 3. The van der Waals surface area contributed by atoms with Gasteiger partial charge in [-0.25, -0.2) is 4.39 Å². The molecule has 1 aliphatic rings. The first-order chi connectivity index (χ1) is 14.4. The second kappa shape index (κ2) is 9.29. The molecule has 3 rings (SSSR count). The molecular formula is C26H31FN2O. The highest BCUT2D eigenvalue weighted by atomic mass is 19.1. The number of aryl methyl sites for hydroxylation is 1. The van der Waals surface area contributed by atoms with Crippen LogP contribution in [0.2, 0.25) is 0 Å². The fourth-order valence-electron chi connectivity index (χ4n) is 4.08. The van der Waals surface area contributed by atoms with Crippen LogP contribution in [-0.2, 0) is 4.79 Å². The van der Waals surface area contributed by atoms with Gasteiger partial charge in [-0.1, -0.05) is 13.8 Å². The van der Waals surface area contributed by atoms with E-state index in [1.807, 2.05) is 20.0 Å². The van der Waals surface area contributed by atoms with Crippen LogP contribution in [0.15, 0.2) is 48.0 Å². The molecule has 0 saturated heterocycles. The molecule has 0 spiro atoms. The van der Waals surface area contributed by atoms with Crippen molar-refractivity contribution in [2.45, 2.75) is 40.0 Å². The molecule has 0 bridgehead atoms. The van der Waals surface area contributed by atoms with Gasteiger partial charge < -0.3 is 10.2 Å². The molecule has 0 unspecified atom stereocenters. The first-order valence-electron chi connectivity index (χ1n) is 10.6. The lowest BCUT2D eigenvalue weighted by Gasteiger charge is -2.32. The van der Waals surface area contributed by atoms with Crippen LogP contribution in [0.1, 0.15) is 49.8 Å². The van der Waals surface area contributed by atoms with E-state index in [2.05, 4.69) is 49.3 Å². The van der Waals surface area contributed by atoms with E-state index in [1.165, 1.54) is 18.1 Å². The quantitative estimate of drug-likeness (QED) is 0.424. The Bertz CT molecular complexity index is 998. The second-order valence-electron chi connectivity index (χ2n) is 8.22. The minimum Gasteiger partial charge on any atom is -0.388 e. The number of benzene rings is 2. The van der Waals surface area contributed by atoms with Crippen molar-refractivity contribution in [1.82, 2.24) is 0 Å². The SMILES string of the molecule is CNc1ccc(N(C)C(=C2CCC2)c2ccc(F)cc2C)cc1/C(=C\C=O)C(C)C. The molecule has 1 fully saturated rings. The third-order valence-electron chi connectivity index (χ3n) is 5.91. The Labute approximate surface area is 179 Å². The summed E-state index contributed by atoms with van der Waals surface area (Å²) >= 11 is 0. The topological polar surface area (TPSA) is 32.3 Å². The van der Waals surface area contributed by atoms with Crippen molar-refractivity contribution in [2.75, 3.05) is 24.3 Å². The predicted molar refractivity (Wildman–Crippen MR) is 125 cm³/mol. The van der Waals surface area contributed by atoms with Gasteiger partial charge in [0.05, 0.1) is 0 Å². The third-order valence-corrected chi connectivity index (χ3v) is 5.91.